The van der Waals surface area contributed by atoms with Gasteiger partial charge in [-0.15, -0.1) is 0 Å². The number of hydrogen-bond acceptors (Lipinski definition) is 4. The van der Waals surface area contributed by atoms with Crippen LogP contribution in [0.25, 0.3) is 6.08 Å². The SMILES string of the molecule is C[C@H](NC(=O)/C(C#N)=C/c1ccc(OCC(=O)NC2CCCCC2)cc1)c1ccccc1. The van der Waals surface area contributed by atoms with Gasteiger partial charge in [0, 0.05) is 6.04 Å². The van der Waals surface area contributed by atoms with Crippen LogP contribution in [0.15, 0.2) is 60.2 Å². The van der Waals surface area contributed by atoms with Crippen LogP contribution in [0.1, 0.15) is 56.2 Å². The van der Waals surface area contributed by atoms with Crippen molar-refractivity contribution in [2.24, 2.45) is 0 Å². The average molecular weight is 432 g/mol. The molecule has 2 N–H and O–H groups in total. The number of nitrogens with one attached hydrogen (secondary N) is 2. The summed E-state index contributed by atoms with van der Waals surface area (Å²) in [5.74, 6) is 0.0158. The van der Waals surface area contributed by atoms with Crippen LogP contribution in [0.3, 0.4) is 0 Å². The zero-order chi connectivity index (χ0) is 22.8. The Balaban J connectivity index is 1.52. The van der Waals surface area contributed by atoms with E-state index in [2.05, 4.69) is 10.6 Å². The molecule has 2 amide bonds. The summed E-state index contributed by atoms with van der Waals surface area (Å²) in [7, 11) is 0. The van der Waals surface area contributed by atoms with Gasteiger partial charge in [0.2, 0.25) is 0 Å². The van der Waals surface area contributed by atoms with Crippen molar-refractivity contribution in [3.63, 3.8) is 0 Å². The zero-order valence-corrected chi connectivity index (χ0v) is 18.3. The standard InChI is InChI=1S/C26H29N3O3/c1-19(21-8-4-2-5-9-21)28-26(31)22(17-27)16-20-12-14-24(15-13-20)32-18-25(30)29-23-10-6-3-7-11-23/h2,4-5,8-9,12-16,19,23H,3,6-7,10-11,18H2,1H3,(H,28,31)(H,29,30)/b22-16+/t19-/m0/s1. The quantitative estimate of drug-likeness (QED) is 0.482. The molecule has 1 aliphatic carbocycles. The Morgan fingerprint density at radius 3 is 2.44 bits per heavy atom. The molecule has 166 valence electrons. The van der Waals surface area contributed by atoms with Gasteiger partial charge in [0.15, 0.2) is 6.61 Å². The van der Waals surface area contributed by atoms with E-state index in [9.17, 15) is 14.9 Å². The molecule has 2 aromatic rings. The Labute approximate surface area is 189 Å². The van der Waals surface area contributed by atoms with Gasteiger partial charge in [-0.25, -0.2) is 0 Å². The number of amides is 2. The maximum atomic E-state index is 12.5. The molecule has 0 spiro atoms. The predicted octanol–water partition coefficient (Wildman–Crippen LogP) is 4.30. The fourth-order valence-corrected chi connectivity index (χ4v) is 3.74. The third-order valence-electron chi connectivity index (χ3n) is 5.54. The molecule has 0 heterocycles. The Hall–Kier alpha value is -3.59. The van der Waals surface area contributed by atoms with Gasteiger partial charge in [-0.05, 0) is 49.1 Å². The highest BCUT2D eigenvalue weighted by Crippen LogP contribution is 2.18. The van der Waals surface area contributed by atoms with Crippen molar-refractivity contribution in [2.75, 3.05) is 6.61 Å². The maximum absolute atomic E-state index is 12.5. The van der Waals surface area contributed by atoms with E-state index in [1.54, 1.807) is 24.3 Å². The Bertz CT molecular complexity index is 972. The number of nitrogens with zero attached hydrogens (tertiary/aromatic N) is 1. The summed E-state index contributed by atoms with van der Waals surface area (Å²) in [5.41, 5.74) is 1.68. The molecule has 0 unspecified atom stereocenters. The van der Waals surface area contributed by atoms with E-state index in [0.29, 0.717) is 11.3 Å². The number of carbonyl (C=O) groups excluding carboxylic acids is 2. The first-order valence-electron chi connectivity index (χ1n) is 11.0. The minimum atomic E-state index is -0.427. The molecule has 1 aliphatic rings. The molecular formula is C26H29N3O3. The molecule has 3 rings (SSSR count). The summed E-state index contributed by atoms with van der Waals surface area (Å²) in [4.78, 5) is 24.6. The van der Waals surface area contributed by atoms with E-state index in [4.69, 9.17) is 4.74 Å². The monoisotopic (exact) mass is 431 g/mol. The Kier molecular flexibility index (Phi) is 8.44. The number of nitriles is 1. The highest BCUT2D eigenvalue weighted by molar-refractivity contribution is 6.01. The number of rotatable bonds is 8. The van der Waals surface area contributed by atoms with E-state index in [1.807, 2.05) is 43.3 Å². The van der Waals surface area contributed by atoms with Crippen molar-refractivity contribution >= 4 is 17.9 Å². The molecule has 2 aromatic carbocycles. The lowest BCUT2D eigenvalue weighted by Gasteiger charge is -2.22. The summed E-state index contributed by atoms with van der Waals surface area (Å²) < 4.78 is 5.57. The number of carbonyl (C=O) groups is 2. The smallest absolute Gasteiger partial charge is 0.262 e. The van der Waals surface area contributed by atoms with Crippen LogP contribution in [0.4, 0.5) is 0 Å². The van der Waals surface area contributed by atoms with Gasteiger partial charge in [0.1, 0.15) is 17.4 Å². The minimum absolute atomic E-state index is 0.0216. The van der Waals surface area contributed by atoms with Crippen LogP contribution in [-0.2, 0) is 9.59 Å². The summed E-state index contributed by atoms with van der Waals surface area (Å²) in [6.45, 7) is 1.84. The topological polar surface area (TPSA) is 91.2 Å². The van der Waals surface area contributed by atoms with E-state index < -0.39 is 5.91 Å². The van der Waals surface area contributed by atoms with Crippen LogP contribution >= 0.6 is 0 Å². The lowest BCUT2D eigenvalue weighted by molar-refractivity contribution is -0.124. The van der Waals surface area contributed by atoms with E-state index >= 15 is 0 Å². The molecular weight excluding hydrogens is 402 g/mol. The fraction of sp³-hybridized carbons (Fsp3) is 0.346. The normalized spacial score (nSPS) is 15.3. The molecule has 6 nitrogen and oxygen atoms in total. The van der Waals surface area contributed by atoms with Crippen LogP contribution in [-0.4, -0.2) is 24.5 Å². The molecule has 1 fully saturated rings. The van der Waals surface area contributed by atoms with E-state index in [1.165, 1.54) is 12.5 Å². The number of benzene rings is 2. The van der Waals surface area contributed by atoms with Gasteiger partial charge in [-0.3, -0.25) is 9.59 Å². The Morgan fingerprint density at radius 1 is 1.09 bits per heavy atom. The summed E-state index contributed by atoms with van der Waals surface area (Å²) in [6, 6.07) is 18.5. The van der Waals surface area contributed by atoms with Crippen molar-refractivity contribution in [1.82, 2.24) is 10.6 Å². The first-order valence-corrected chi connectivity index (χ1v) is 11.0. The van der Waals surface area contributed by atoms with E-state index in [-0.39, 0.29) is 30.2 Å². The molecule has 6 heteroatoms. The lowest BCUT2D eigenvalue weighted by atomic mass is 9.95. The minimum Gasteiger partial charge on any atom is -0.484 e. The van der Waals surface area contributed by atoms with Crippen molar-refractivity contribution in [2.45, 2.75) is 51.1 Å². The molecule has 0 aliphatic heterocycles. The Morgan fingerprint density at radius 2 is 1.78 bits per heavy atom. The average Bonchev–Trinajstić information content (AvgIpc) is 2.83. The van der Waals surface area contributed by atoms with Crippen molar-refractivity contribution in [1.29, 1.82) is 5.26 Å². The summed E-state index contributed by atoms with van der Waals surface area (Å²) in [6.07, 6.45) is 7.16. The summed E-state index contributed by atoms with van der Waals surface area (Å²) >= 11 is 0. The van der Waals surface area contributed by atoms with Crippen LogP contribution in [0.5, 0.6) is 5.75 Å². The van der Waals surface area contributed by atoms with Crippen LogP contribution in [0.2, 0.25) is 0 Å². The van der Waals surface area contributed by atoms with Crippen molar-refractivity contribution in [3.8, 4) is 11.8 Å². The third-order valence-corrected chi connectivity index (χ3v) is 5.54. The molecule has 1 atom stereocenters. The van der Waals surface area contributed by atoms with Crippen molar-refractivity contribution < 1.29 is 14.3 Å². The second-order valence-electron chi connectivity index (χ2n) is 8.04. The first-order chi connectivity index (χ1) is 15.5. The van der Waals surface area contributed by atoms with Crippen LogP contribution in [0, 0.1) is 11.3 Å². The van der Waals surface area contributed by atoms with Gasteiger partial charge >= 0.3 is 0 Å². The van der Waals surface area contributed by atoms with Gasteiger partial charge in [0.25, 0.3) is 11.8 Å². The first kappa shape index (κ1) is 23.1. The number of ether oxygens (including phenoxy) is 1. The molecule has 0 saturated heterocycles. The van der Waals surface area contributed by atoms with Crippen molar-refractivity contribution in [3.05, 3.63) is 71.3 Å². The third kappa shape index (κ3) is 6.98. The molecule has 0 bridgehead atoms. The second-order valence-corrected chi connectivity index (χ2v) is 8.04. The van der Waals surface area contributed by atoms with Gasteiger partial charge in [-0.2, -0.15) is 5.26 Å². The molecule has 0 radical (unpaired) electrons. The molecule has 32 heavy (non-hydrogen) atoms. The largest absolute Gasteiger partial charge is 0.484 e. The second kappa shape index (κ2) is 11.7. The summed E-state index contributed by atoms with van der Waals surface area (Å²) in [5, 5.41) is 15.3. The highest BCUT2D eigenvalue weighted by atomic mass is 16.5. The van der Waals surface area contributed by atoms with Gasteiger partial charge in [0.05, 0.1) is 6.04 Å². The van der Waals surface area contributed by atoms with Gasteiger partial charge in [-0.1, -0.05) is 61.7 Å². The lowest BCUT2D eigenvalue weighted by Crippen LogP contribution is -2.38. The molecule has 1 saturated carbocycles. The predicted molar refractivity (Wildman–Crippen MR) is 124 cm³/mol. The van der Waals surface area contributed by atoms with Crippen LogP contribution < -0.4 is 15.4 Å². The number of hydrogen-bond donors (Lipinski definition) is 2. The highest BCUT2D eigenvalue weighted by Gasteiger charge is 2.16. The molecule has 0 aromatic heterocycles. The van der Waals surface area contributed by atoms with Gasteiger partial charge < -0.3 is 15.4 Å². The zero-order valence-electron chi connectivity index (χ0n) is 18.3. The van der Waals surface area contributed by atoms with E-state index in [0.717, 1.165) is 31.2 Å². The fourth-order valence-electron chi connectivity index (χ4n) is 3.74. The maximum Gasteiger partial charge on any atom is 0.262 e.